The third-order valence-electron chi connectivity index (χ3n) is 2.85. The van der Waals surface area contributed by atoms with Crippen LogP contribution in [-0.2, 0) is 5.92 Å². The van der Waals surface area contributed by atoms with Gasteiger partial charge in [0.25, 0.3) is 0 Å². The van der Waals surface area contributed by atoms with Gasteiger partial charge < -0.3 is 4.52 Å². The van der Waals surface area contributed by atoms with Crippen molar-refractivity contribution in [2.24, 2.45) is 0 Å². The number of aromatic nitrogens is 2. The van der Waals surface area contributed by atoms with Crippen LogP contribution in [0.15, 0.2) is 44.5 Å². The van der Waals surface area contributed by atoms with E-state index < -0.39 is 11.8 Å². The number of rotatable bonds is 6. The molecule has 0 spiro atoms. The summed E-state index contributed by atoms with van der Waals surface area (Å²) in [6, 6.07) is 8.90. The average molecular weight is 404 g/mol. The van der Waals surface area contributed by atoms with Gasteiger partial charge in [-0.15, -0.1) is 0 Å². The Morgan fingerprint density at radius 2 is 2.05 bits per heavy atom. The third-order valence-corrected chi connectivity index (χ3v) is 3.70. The van der Waals surface area contributed by atoms with Gasteiger partial charge in [0, 0.05) is 11.6 Å². The zero-order valence-corrected chi connectivity index (χ0v) is 13.7. The van der Waals surface area contributed by atoms with E-state index >= 15 is 0 Å². The molecule has 6 heteroatoms. The highest BCUT2D eigenvalue weighted by atomic mass is 127. The summed E-state index contributed by atoms with van der Waals surface area (Å²) in [5, 5.41) is 3.62. The van der Waals surface area contributed by atoms with Crippen molar-refractivity contribution in [3.63, 3.8) is 0 Å². The zero-order valence-electron chi connectivity index (χ0n) is 11.5. The predicted octanol–water partition coefficient (Wildman–Crippen LogP) is 5.34. The molecule has 3 nitrogen and oxygen atoms in total. The Morgan fingerprint density at radius 3 is 2.71 bits per heavy atom. The number of allylic oxidation sites excluding steroid dienone is 2. The molecule has 1 aromatic heterocycles. The molecule has 2 aromatic rings. The largest absolute Gasteiger partial charge is 0.344 e. The Hall–Kier alpha value is -1.31. The van der Waals surface area contributed by atoms with E-state index in [0.29, 0.717) is 15.6 Å². The Labute approximate surface area is 135 Å². The minimum absolute atomic E-state index is 0.169. The summed E-state index contributed by atoms with van der Waals surface area (Å²) in [4.78, 5) is 3.81. The molecule has 0 radical (unpaired) electrons. The van der Waals surface area contributed by atoms with Gasteiger partial charge in [-0.05, 0) is 39.0 Å². The Bertz CT molecular complexity index is 611. The summed E-state index contributed by atoms with van der Waals surface area (Å²) in [5.41, 5.74) is 0.646. The van der Waals surface area contributed by atoms with E-state index in [1.807, 2.05) is 35.6 Å². The Morgan fingerprint density at radius 1 is 1.33 bits per heavy atom. The van der Waals surface area contributed by atoms with Crippen LogP contribution in [0, 0.1) is 0 Å². The molecule has 1 heterocycles. The molecular formula is C15H15F2IN2O. The lowest BCUT2D eigenvalue weighted by atomic mass is 10.2. The molecule has 0 aliphatic rings. The third kappa shape index (κ3) is 4.33. The molecule has 0 unspecified atom stereocenters. The Kier molecular flexibility index (Phi) is 5.44. The van der Waals surface area contributed by atoms with E-state index in [-0.39, 0.29) is 5.82 Å². The minimum Gasteiger partial charge on any atom is -0.332 e. The molecule has 0 bridgehead atoms. The molecule has 0 atom stereocenters. The lowest BCUT2D eigenvalue weighted by Crippen LogP contribution is -2.10. The van der Waals surface area contributed by atoms with Crippen LogP contribution in [-0.4, -0.2) is 10.1 Å². The fourth-order valence-electron chi connectivity index (χ4n) is 1.74. The molecule has 21 heavy (non-hydrogen) atoms. The second-order valence-electron chi connectivity index (χ2n) is 4.61. The monoisotopic (exact) mass is 404 g/mol. The number of hydrogen-bond acceptors (Lipinski definition) is 3. The predicted molar refractivity (Wildman–Crippen MR) is 85.3 cm³/mol. The lowest BCUT2D eigenvalue weighted by molar-refractivity contribution is 0.0156. The number of unbranched alkanes of at least 4 members (excludes halogenated alkanes) is 1. The van der Waals surface area contributed by atoms with E-state index in [2.05, 4.69) is 10.1 Å². The van der Waals surface area contributed by atoms with E-state index in [0.717, 1.165) is 18.9 Å². The quantitative estimate of drug-likeness (QED) is 0.611. The first-order valence-electron chi connectivity index (χ1n) is 6.67. The van der Waals surface area contributed by atoms with Crippen molar-refractivity contribution in [3.05, 3.63) is 45.9 Å². The van der Waals surface area contributed by atoms with Gasteiger partial charge >= 0.3 is 11.8 Å². The molecule has 0 N–H and O–H groups in total. The van der Waals surface area contributed by atoms with Crippen LogP contribution in [0.1, 0.15) is 32.1 Å². The summed E-state index contributed by atoms with van der Waals surface area (Å²) in [6.45, 7) is 2.02. The van der Waals surface area contributed by atoms with Gasteiger partial charge in [-0.1, -0.05) is 48.8 Å². The van der Waals surface area contributed by atoms with Crippen LogP contribution in [0.3, 0.4) is 0 Å². The second-order valence-corrected chi connectivity index (χ2v) is 5.99. The van der Waals surface area contributed by atoms with Crippen LogP contribution in [0.4, 0.5) is 8.78 Å². The zero-order chi connectivity index (χ0) is 15.3. The maximum absolute atomic E-state index is 14.1. The summed E-state index contributed by atoms with van der Waals surface area (Å²) in [6.07, 6.45) is 3.37. The van der Waals surface area contributed by atoms with Crippen molar-refractivity contribution in [1.29, 1.82) is 0 Å². The highest BCUT2D eigenvalue weighted by Gasteiger charge is 2.36. The Balaban J connectivity index is 2.20. The van der Waals surface area contributed by atoms with Crippen LogP contribution >= 0.6 is 22.6 Å². The van der Waals surface area contributed by atoms with Gasteiger partial charge in [-0.3, -0.25) is 0 Å². The van der Waals surface area contributed by atoms with Crippen LogP contribution in [0.5, 0.6) is 0 Å². The molecule has 2 rings (SSSR count). The van der Waals surface area contributed by atoms with Crippen LogP contribution in [0.25, 0.3) is 11.4 Å². The highest BCUT2D eigenvalue weighted by Crippen LogP contribution is 2.33. The first kappa shape index (κ1) is 16.1. The summed E-state index contributed by atoms with van der Waals surface area (Å²) in [5.74, 6) is -3.75. The van der Waals surface area contributed by atoms with Crippen molar-refractivity contribution in [2.45, 2.75) is 32.1 Å². The van der Waals surface area contributed by atoms with Gasteiger partial charge in [0.05, 0.1) is 0 Å². The fourth-order valence-corrected chi connectivity index (χ4v) is 2.51. The van der Waals surface area contributed by atoms with E-state index in [9.17, 15) is 8.78 Å². The van der Waals surface area contributed by atoms with Crippen LogP contribution in [0.2, 0.25) is 0 Å². The first-order chi connectivity index (χ1) is 10.0. The molecule has 0 amide bonds. The van der Waals surface area contributed by atoms with Crippen LogP contribution < -0.4 is 0 Å². The number of halogens is 3. The standard InChI is InChI=1S/C15H15F2IN2O/c1-2-3-9-12(18)10-15(16,17)14-19-13(20-21-14)11-7-5-4-6-8-11/h4-8,10H,2-3,9H2,1H3/b12-10+. The highest BCUT2D eigenvalue weighted by molar-refractivity contribution is 14.1. The average Bonchev–Trinajstić information content (AvgIpc) is 2.96. The maximum Gasteiger partial charge on any atom is 0.344 e. The van der Waals surface area contributed by atoms with Gasteiger partial charge in [0.2, 0.25) is 5.82 Å². The SMILES string of the molecule is CCCC/C(I)=C\C(F)(F)c1nc(-c2ccccc2)no1. The molecule has 0 saturated heterocycles. The molecule has 0 fully saturated rings. The molecule has 0 aliphatic carbocycles. The summed E-state index contributed by atoms with van der Waals surface area (Å²) in [7, 11) is 0. The van der Waals surface area contributed by atoms with Gasteiger partial charge in [-0.25, -0.2) is 0 Å². The van der Waals surface area contributed by atoms with Gasteiger partial charge in [0.15, 0.2) is 0 Å². The molecule has 112 valence electrons. The topological polar surface area (TPSA) is 38.9 Å². The minimum atomic E-state index is -3.25. The number of nitrogens with zero attached hydrogens (tertiary/aromatic N) is 2. The summed E-state index contributed by atoms with van der Waals surface area (Å²) >= 11 is 1.93. The maximum atomic E-state index is 14.1. The summed E-state index contributed by atoms with van der Waals surface area (Å²) < 4.78 is 33.5. The fraction of sp³-hybridized carbons (Fsp3) is 0.333. The van der Waals surface area contributed by atoms with E-state index in [4.69, 9.17) is 4.52 Å². The molecular weight excluding hydrogens is 389 g/mol. The van der Waals surface area contributed by atoms with E-state index in [1.165, 1.54) is 0 Å². The number of alkyl halides is 2. The van der Waals surface area contributed by atoms with Crippen molar-refractivity contribution in [1.82, 2.24) is 10.1 Å². The van der Waals surface area contributed by atoms with Crippen molar-refractivity contribution in [3.8, 4) is 11.4 Å². The number of benzene rings is 1. The van der Waals surface area contributed by atoms with Crippen molar-refractivity contribution in [2.75, 3.05) is 0 Å². The van der Waals surface area contributed by atoms with Gasteiger partial charge in [0.1, 0.15) is 0 Å². The normalized spacial score (nSPS) is 12.7. The van der Waals surface area contributed by atoms with Gasteiger partial charge in [-0.2, -0.15) is 13.8 Å². The molecule has 1 aromatic carbocycles. The molecule has 0 saturated carbocycles. The second kappa shape index (κ2) is 7.11. The smallest absolute Gasteiger partial charge is 0.332 e. The van der Waals surface area contributed by atoms with Crippen molar-refractivity contribution >= 4 is 22.6 Å². The molecule has 0 aliphatic heterocycles. The lowest BCUT2D eigenvalue weighted by Gasteiger charge is -2.07. The first-order valence-corrected chi connectivity index (χ1v) is 7.75. The van der Waals surface area contributed by atoms with E-state index in [1.54, 1.807) is 24.3 Å². The van der Waals surface area contributed by atoms with Crippen molar-refractivity contribution < 1.29 is 13.3 Å². The number of hydrogen-bond donors (Lipinski definition) is 0.